The molecule has 0 saturated carbocycles. The van der Waals surface area contributed by atoms with Crippen LogP contribution in [-0.2, 0) is 6.54 Å². The molecule has 4 rings (SSSR count). The number of hydrogen-bond donors (Lipinski definition) is 1. The number of nitrogens with zero attached hydrogens (tertiary/aromatic N) is 3. The van der Waals surface area contributed by atoms with Crippen molar-refractivity contribution in [2.45, 2.75) is 32.4 Å². The van der Waals surface area contributed by atoms with Gasteiger partial charge in [-0.3, -0.25) is 14.5 Å². The van der Waals surface area contributed by atoms with Gasteiger partial charge < -0.3 is 9.72 Å². The number of nitrogens with one attached hydrogen (secondary N) is 1. The fraction of sp³-hybridized carbons (Fsp3) is 0.400. The molecule has 0 radical (unpaired) electrons. The van der Waals surface area contributed by atoms with Crippen molar-refractivity contribution < 1.29 is 4.74 Å². The molecule has 0 amide bonds. The van der Waals surface area contributed by atoms with Gasteiger partial charge in [-0.2, -0.15) is 0 Å². The zero-order valence-electron chi connectivity index (χ0n) is 15.2. The number of rotatable bonds is 4. The SMILES string of the molecule is COc1cc(C)nc(CN2CCC(n3c(=O)[nH]c4ccccc43)CC2)c1. The van der Waals surface area contributed by atoms with E-state index in [-0.39, 0.29) is 11.7 Å². The van der Waals surface area contributed by atoms with Crippen LogP contribution < -0.4 is 10.4 Å². The number of methoxy groups -OCH3 is 1. The first-order valence-corrected chi connectivity index (χ1v) is 9.07. The van der Waals surface area contributed by atoms with Crippen molar-refractivity contribution in [3.05, 3.63) is 58.3 Å². The Morgan fingerprint density at radius 2 is 2.00 bits per heavy atom. The summed E-state index contributed by atoms with van der Waals surface area (Å²) in [5.41, 5.74) is 3.91. The first-order valence-electron chi connectivity index (χ1n) is 9.07. The van der Waals surface area contributed by atoms with E-state index in [1.54, 1.807) is 7.11 Å². The van der Waals surface area contributed by atoms with Crippen LogP contribution in [0.5, 0.6) is 5.75 Å². The van der Waals surface area contributed by atoms with Crippen molar-refractivity contribution in [3.8, 4) is 5.75 Å². The van der Waals surface area contributed by atoms with E-state index >= 15 is 0 Å². The van der Waals surface area contributed by atoms with Gasteiger partial charge in [0.05, 0.1) is 23.8 Å². The highest BCUT2D eigenvalue weighted by Crippen LogP contribution is 2.26. The number of hydrogen-bond acceptors (Lipinski definition) is 4. The van der Waals surface area contributed by atoms with E-state index in [1.165, 1.54) is 0 Å². The molecule has 2 aromatic heterocycles. The van der Waals surface area contributed by atoms with Crippen LogP contribution in [0.2, 0.25) is 0 Å². The molecular weight excluding hydrogens is 328 g/mol. The highest BCUT2D eigenvalue weighted by molar-refractivity contribution is 5.75. The molecule has 0 unspecified atom stereocenters. The van der Waals surface area contributed by atoms with Crippen molar-refractivity contribution in [1.29, 1.82) is 0 Å². The number of para-hydroxylation sites is 2. The molecule has 6 nitrogen and oxygen atoms in total. The van der Waals surface area contributed by atoms with Crippen LogP contribution in [0, 0.1) is 6.92 Å². The number of aromatic amines is 1. The molecule has 1 saturated heterocycles. The predicted octanol–water partition coefficient (Wildman–Crippen LogP) is 2.88. The summed E-state index contributed by atoms with van der Waals surface area (Å²) in [5.74, 6) is 0.854. The molecule has 0 atom stereocenters. The van der Waals surface area contributed by atoms with E-state index < -0.39 is 0 Å². The first-order chi connectivity index (χ1) is 12.6. The summed E-state index contributed by atoms with van der Waals surface area (Å²) in [6.07, 6.45) is 1.93. The van der Waals surface area contributed by atoms with Crippen LogP contribution in [0.25, 0.3) is 11.0 Å². The lowest BCUT2D eigenvalue weighted by Gasteiger charge is -2.32. The van der Waals surface area contributed by atoms with Gasteiger partial charge in [0.25, 0.3) is 0 Å². The number of fused-ring (bicyclic) bond motifs is 1. The van der Waals surface area contributed by atoms with Crippen molar-refractivity contribution in [3.63, 3.8) is 0 Å². The monoisotopic (exact) mass is 352 g/mol. The summed E-state index contributed by atoms with van der Waals surface area (Å²) in [6.45, 7) is 4.71. The highest BCUT2D eigenvalue weighted by Gasteiger charge is 2.23. The summed E-state index contributed by atoms with van der Waals surface area (Å²) in [6, 6.07) is 12.1. The minimum atomic E-state index is -0.00487. The lowest BCUT2D eigenvalue weighted by molar-refractivity contribution is 0.178. The number of ether oxygens (including phenoxy) is 1. The fourth-order valence-electron chi connectivity index (χ4n) is 3.90. The molecular formula is C20H24N4O2. The van der Waals surface area contributed by atoms with Gasteiger partial charge in [-0.1, -0.05) is 12.1 Å². The zero-order chi connectivity index (χ0) is 18.1. The molecule has 1 N–H and O–H groups in total. The van der Waals surface area contributed by atoms with Crippen LogP contribution in [0.4, 0.5) is 0 Å². The second-order valence-electron chi connectivity index (χ2n) is 6.96. The topological polar surface area (TPSA) is 63.1 Å². The largest absolute Gasteiger partial charge is 0.497 e. The third-order valence-electron chi connectivity index (χ3n) is 5.15. The molecule has 0 aliphatic carbocycles. The molecule has 3 aromatic rings. The van der Waals surface area contributed by atoms with Crippen LogP contribution in [0.3, 0.4) is 0 Å². The number of piperidine rings is 1. The van der Waals surface area contributed by atoms with Gasteiger partial charge in [-0.25, -0.2) is 4.79 Å². The molecule has 1 fully saturated rings. The number of benzene rings is 1. The number of H-pyrrole nitrogens is 1. The smallest absolute Gasteiger partial charge is 0.326 e. The number of aromatic nitrogens is 3. The normalized spacial score (nSPS) is 16.2. The van der Waals surface area contributed by atoms with Crippen LogP contribution in [0.1, 0.15) is 30.3 Å². The lowest BCUT2D eigenvalue weighted by atomic mass is 10.0. The molecule has 3 heterocycles. The van der Waals surface area contributed by atoms with Gasteiger partial charge in [0.15, 0.2) is 0 Å². The molecule has 1 aliphatic rings. The van der Waals surface area contributed by atoms with Crippen molar-refractivity contribution in [2.75, 3.05) is 20.2 Å². The van der Waals surface area contributed by atoms with Crippen LogP contribution >= 0.6 is 0 Å². The van der Waals surface area contributed by atoms with Gasteiger partial charge in [0.1, 0.15) is 5.75 Å². The summed E-state index contributed by atoms with van der Waals surface area (Å²) >= 11 is 0. The first kappa shape index (κ1) is 16.8. The van der Waals surface area contributed by atoms with Crippen molar-refractivity contribution >= 4 is 11.0 Å². The summed E-state index contributed by atoms with van der Waals surface area (Å²) in [5, 5.41) is 0. The van der Waals surface area contributed by atoms with E-state index in [0.29, 0.717) is 0 Å². The van der Waals surface area contributed by atoms with E-state index in [4.69, 9.17) is 4.74 Å². The Morgan fingerprint density at radius 3 is 2.77 bits per heavy atom. The second-order valence-corrected chi connectivity index (χ2v) is 6.96. The molecule has 0 bridgehead atoms. The van der Waals surface area contributed by atoms with Crippen LogP contribution in [-0.4, -0.2) is 39.6 Å². The van der Waals surface area contributed by atoms with Crippen molar-refractivity contribution in [1.82, 2.24) is 19.4 Å². The van der Waals surface area contributed by atoms with E-state index in [1.807, 2.05) is 47.9 Å². The Morgan fingerprint density at radius 1 is 1.23 bits per heavy atom. The van der Waals surface area contributed by atoms with Gasteiger partial charge >= 0.3 is 5.69 Å². The minimum Gasteiger partial charge on any atom is -0.497 e. The Bertz CT molecular complexity index is 967. The standard InChI is InChI=1S/C20H24N4O2/c1-14-11-17(26-2)12-15(21-14)13-23-9-7-16(8-10-23)24-19-6-4-3-5-18(19)22-20(24)25/h3-6,11-12,16H,7-10,13H2,1-2H3,(H,22,25). The number of pyridine rings is 1. The summed E-state index contributed by atoms with van der Waals surface area (Å²) in [7, 11) is 1.68. The van der Waals surface area contributed by atoms with E-state index in [2.05, 4.69) is 14.9 Å². The predicted molar refractivity (Wildman–Crippen MR) is 102 cm³/mol. The second kappa shape index (κ2) is 6.96. The van der Waals surface area contributed by atoms with Gasteiger partial charge in [0.2, 0.25) is 0 Å². The third-order valence-corrected chi connectivity index (χ3v) is 5.15. The average molecular weight is 352 g/mol. The maximum atomic E-state index is 12.4. The molecule has 26 heavy (non-hydrogen) atoms. The average Bonchev–Trinajstić information content (AvgIpc) is 2.97. The van der Waals surface area contributed by atoms with Gasteiger partial charge in [0, 0.05) is 43.5 Å². The van der Waals surface area contributed by atoms with Gasteiger partial charge in [-0.05, 0) is 31.9 Å². The number of aryl methyl sites for hydroxylation is 1. The third kappa shape index (κ3) is 3.24. The minimum absolute atomic E-state index is 0.00487. The Hall–Kier alpha value is -2.60. The lowest BCUT2D eigenvalue weighted by Crippen LogP contribution is -2.36. The maximum absolute atomic E-state index is 12.4. The molecule has 136 valence electrons. The van der Waals surface area contributed by atoms with E-state index in [9.17, 15) is 4.79 Å². The molecule has 1 aliphatic heterocycles. The Labute approximate surface area is 152 Å². The van der Waals surface area contributed by atoms with Crippen molar-refractivity contribution in [2.24, 2.45) is 0 Å². The molecule has 6 heteroatoms. The van der Waals surface area contributed by atoms with Gasteiger partial charge in [-0.15, -0.1) is 0 Å². The zero-order valence-corrected chi connectivity index (χ0v) is 15.2. The molecule has 0 spiro atoms. The number of likely N-dealkylation sites (tertiary alicyclic amines) is 1. The fourth-order valence-corrected chi connectivity index (χ4v) is 3.90. The van der Waals surface area contributed by atoms with E-state index in [0.717, 1.165) is 60.6 Å². The number of imidazole rings is 1. The summed E-state index contributed by atoms with van der Waals surface area (Å²) in [4.78, 5) is 22.4. The maximum Gasteiger partial charge on any atom is 0.326 e. The van der Waals surface area contributed by atoms with Crippen LogP contribution in [0.15, 0.2) is 41.2 Å². The summed E-state index contributed by atoms with van der Waals surface area (Å²) < 4.78 is 7.28. The Kier molecular flexibility index (Phi) is 4.51. The Balaban J connectivity index is 1.47. The highest BCUT2D eigenvalue weighted by atomic mass is 16.5. The quantitative estimate of drug-likeness (QED) is 0.784. The molecule has 1 aromatic carbocycles.